The first-order valence-corrected chi connectivity index (χ1v) is 33.4. The van der Waals surface area contributed by atoms with Crippen LogP contribution in [0.25, 0.3) is 5.57 Å². The molecular weight excluding hydrogens is 1170 g/mol. The number of fused-ring (bicyclic) bond motifs is 1. The van der Waals surface area contributed by atoms with Crippen LogP contribution in [0.2, 0.25) is 0 Å². The second-order valence-electron chi connectivity index (χ2n) is 21.8. The summed E-state index contributed by atoms with van der Waals surface area (Å²) in [6, 6.07) is 19.8. The molecule has 1 atom stereocenters. The van der Waals surface area contributed by atoms with Gasteiger partial charge in [0, 0.05) is 25.4 Å². The molecule has 3 aromatic rings. The molecule has 1 fully saturated rings. The Labute approximate surface area is 486 Å². The number of nitrogens with one attached hydrogen (secondary N) is 1. The number of likely N-dealkylation sites (tertiary alicyclic amines) is 1. The van der Waals surface area contributed by atoms with Gasteiger partial charge >= 0.3 is 284 Å². The monoisotopic (exact) mass is 1240 g/mol. The number of unbranched alkanes of at least 4 members (excludes halogenated alkanes) is 3. The van der Waals surface area contributed by atoms with Crippen LogP contribution in [-0.2, 0) is 87.1 Å². The molecule has 0 radical (unpaired) electrons. The van der Waals surface area contributed by atoms with E-state index in [1.54, 1.807) is 6.07 Å². The Hall–Kier alpha value is -4.97. The van der Waals surface area contributed by atoms with E-state index in [0.717, 1.165) is 40.0 Å². The molecule has 1 aliphatic carbocycles. The maximum absolute atomic E-state index is 12.8. The van der Waals surface area contributed by atoms with Gasteiger partial charge in [-0.1, -0.05) is 20.3 Å². The molecule has 81 heavy (non-hydrogen) atoms. The Morgan fingerprint density at radius 2 is 1.51 bits per heavy atom. The number of anilines is 1. The number of nitrogens with zero attached hydrogens (tertiary/aromatic N) is 2. The molecule has 2 heterocycles. The minimum absolute atomic E-state index is 0.0615. The van der Waals surface area contributed by atoms with E-state index >= 15 is 0 Å². The van der Waals surface area contributed by atoms with Gasteiger partial charge in [-0.2, -0.15) is 31.7 Å². The van der Waals surface area contributed by atoms with Gasteiger partial charge in [0.1, 0.15) is 0 Å². The smallest absolute Gasteiger partial charge is 0.264 e. The average Bonchev–Trinajstić information content (AvgIpc) is 3.96. The quantitative estimate of drug-likeness (QED) is 0.0174. The summed E-state index contributed by atoms with van der Waals surface area (Å²) >= 11 is 5.59. The van der Waals surface area contributed by atoms with Gasteiger partial charge in [0.2, 0.25) is 17.7 Å². The third-order valence-corrected chi connectivity index (χ3v) is 18.7. The first kappa shape index (κ1) is 66.8. The van der Waals surface area contributed by atoms with Crippen LogP contribution in [0.5, 0.6) is 0 Å². The Bertz CT molecular complexity index is 3440. The molecule has 3 aromatic carbocycles. The van der Waals surface area contributed by atoms with Crippen molar-refractivity contribution in [1.82, 2.24) is 10.2 Å². The Balaban J connectivity index is 0.00000139. The minimum atomic E-state index is -4.53. The SMILES string of the molecule is CC(C)C1CC(=O)N(CCNC(=O)CCCCc2cccc(C3=C(/C=C/[C](=[Ni])C(C)(C)c4[c-]ccc(S(=O)(=O)O)c4)CCC/C3=C/C=C3\N(CCCCS(=O)(=O)O)c4ccc(S(=O)(=O)O)cc4C3(C)C)c2)C1=O.[CH2-]CCCS(=O)(=O)O. The first-order valence-electron chi connectivity index (χ1n) is 26.8. The third kappa shape index (κ3) is 18.8. The van der Waals surface area contributed by atoms with Crippen molar-refractivity contribution in [3.8, 4) is 0 Å². The first-order chi connectivity index (χ1) is 37.6. The number of rotatable bonds is 25. The van der Waals surface area contributed by atoms with E-state index < -0.39 is 57.1 Å². The van der Waals surface area contributed by atoms with Crippen molar-refractivity contribution < 1.29 is 81.3 Å². The van der Waals surface area contributed by atoms with Crippen LogP contribution in [0.3, 0.4) is 0 Å². The molecular formula is C58H75N3NiO15S4-2. The number of hydrogen-bond acceptors (Lipinski definition) is 12. The van der Waals surface area contributed by atoms with Crippen LogP contribution < -0.4 is 10.2 Å². The molecule has 3 aliphatic rings. The van der Waals surface area contributed by atoms with E-state index in [1.807, 2.05) is 82.9 Å². The van der Waals surface area contributed by atoms with Crippen molar-refractivity contribution in [3.63, 3.8) is 0 Å². The van der Waals surface area contributed by atoms with Crippen LogP contribution in [0, 0.1) is 24.8 Å². The van der Waals surface area contributed by atoms with E-state index in [4.69, 9.17) is 19.6 Å². The molecule has 0 aromatic heterocycles. The van der Waals surface area contributed by atoms with Gasteiger partial charge in [-0.05, 0) is 18.4 Å². The number of hydrogen-bond donors (Lipinski definition) is 5. The van der Waals surface area contributed by atoms with Gasteiger partial charge in [-0.25, -0.2) is 0 Å². The number of imide groups is 1. The average molecular weight is 1240 g/mol. The number of benzene rings is 3. The zero-order valence-electron chi connectivity index (χ0n) is 46.6. The molecule has 448 valence electrons. The van der Waals surface area contributed by atoms with Crippen molar-refractivity contribution >= 4 is 73.9 Å². The summed E-state index contributed by atoms with van der Waals surface area (Å²) < 4.78 is 130. The number of carbonyl (C=O) groups is 3. The van der Waals surface area contributed by atoms with Gasteiger partial charge in [0.15, 0.2) is 0 Å². The fourth-order valence-electron chi connectivity index (χ4n) is 10.0. The summed E-state index contributed by atoms with van der Waals surface area (Å²) in [7, 11) is -16.9. The molecule has 18 nitrogen and oxygen atoms in total. The van der Waals surface area contributed by atoms with Gasteiger partial charge in [0.25, 0.3) is 30.4 Å². The fraction of sp³-hybridized carbons (Fsp3) is 0.466. The van der Waals surface area contributed by atoms with Gasteiger partial charge in [-0.3, -0.25) is 32.9 Å². The number of amides is 3. The summed E-state index contributed by atoms with van der Waals surface area (Å²) in [5, 5.41) is 2.85. The van der Waals surface area contributed by atoms with Crippen LogP contribution in [0.4, 0.5) is 5.69 Å². The predicted octanol–water partition coefficient (Wildman–Crippen LogP) is 8.80. The second kappa shape index (κ2) is 28.1. The van der Waals surface area contributed by atoms with Gasteiger partial charge in [0.05, 0.1) is 16.4 Å². The second-order valence-corrected chi connectivity index (χ2v) is 28.3. The summed E-state index contributed by atoms with van der Waals surface area (Å²) in [5.74, 6) is -1.39. The van der Waals surface area contributed by atoms with Gasteiger partial charge < -0.3 is 12.2 Å². The molecule has 2 aliphatic heterocycles. The minimum Gasteiger partial charge on any atom is -0.343 e. The Morgan fingerprint density at radius 1 is 0.840 bits per heavy atom. The normalized spacial score (nSPS) is 18.1. The summed E-state index contributed by atoms with van der Waals surface area (Å²) in [6.45, 7) is 15.6. The molecule has 1 saturated heterocycles. The number of aryl methyl sites for hydroxylation is 1. The van der Waals surface area contributed by atoms with E-state index in [2.05, 4.69) is 30.4 Å². The molecule has 0 saturated carbocycles. The summed E-state index contributed by atoms with van der Waals surface area (Å²) in [5.41, 5.74) is 6.00. The molecule has 23 heteroatoms. The zero-order chi connectivity index (χ0) is 60.3. The standard InChI is InChI=1S/C54H66N3O12S3.C4H9O3S.Ni/c1-37(2)45-36-50(59)57(52(45)60)31-29-55-49(58)23-8-7-15-38-16-11-19-41(33-38)51-39(20-14-28-53(3,4)42-21-13-22-43(34-42)71(64,65)66)17-12-18-40(51)24-27-48-54(5,6)46-35-44(72(67,68)69)25-26-47(46)56(48)30-9-10-32-70(61,62)63;1-2-3-4-8(5,6)7;/h11,13-14,16,19-20,22,24-27,33-35,37,45H,7-10,12,15,17-18,23,29-32,36H2,1-6H3,(H,55,58)(H,61,62,63)(H,64,65,66)(H,67,68,69);1-4H2,(H,5,6,7);/q2*-1;/b20-14+,40-24-,48-27-;;. The van der Waals surface area contributed by atoms with E-state index in [0.29, 0.717) is 79.2 Å². The van der Waals surface area contributed by atoms with E-state index in [-0.39, 0.29) is 77.5 Å². The van der Waals surface area contributed by atoms with Crippen LogP contribution in [0.1, 0.15) is 134 Å². The largest absolute Gasteiger partial charge is 0.343 e. The summed E-state index contributed by atoms with van der Waals surface area (Å²) in [4.78, 5) is 40.7. The van der Waals surface area contributed by atoms with E-state index in [9.17, 15) is 61.7 Å². The molecule has 1 unspecified atom stereocenters. The van der Waals surface area contributed by atoms with Crippen LogP contribution >= 0.6 is 0 Å². The van der Waals surface area contributed by atoms with E-state index in [1.165, 1.54) is 35.2 Å². The Kier molecular flexibility index (Phi) is 23.2. The van der Waals surface area contributed by atoms with Crippen molar-refractivity contribution in [3.05, 3.63) is 137 Å². The predicted molar refractivity (Wildman–Crippen MR) is 309 cm³/mol. The van der Waals surface area contributed by atoms with Crippen molar-refractivity contribution in [1.29, 1.82) is 0 Å². The topological polar surface area (TPSA) is 287 Å². The molecule has 0 bridgehead atoms. The zero-order valence-corrected chi connectivity index (χ0v) is 50.8. The van der Waals surface area contributed by atoms with Gasteiger partial charge in [-0.15, -0.1) is 0 Å². The Morgan fingerprint density at radius 3 is 2.12 bits per heavy atom. The molecule has 3 amide bonds. The maximum Gasteiger partial charge on any atom is 0.264 e. The van der Waals surface area contributed by atoms with Crippen molar-refractivity contribution in [2.75, 3.05) is 36.0 Å². The summed E-state index contributed by atoms with van der Waals surface area (Å²) in [6.07, 6.45) is 14.1. The van der Waals surface area contributed by atoms with Crippen molar-refractivity contribution in [2.45, 2.75) is 139 Å². The third-order valence-electron chi connectivity index (χ3n) is 14.6. The van der Waals surface area contributed by atoms with Crippen molar-refractivity contribution in [2.24, 2.45) is 11.8 Å². The maximum atomic E-state index is 12.8. The number of carbonyl (C=O) groups excluding carboxylic acids is 3. The number of allylic oxidation sites excluding steroid dienone is 8. The molecule has 6 rings (SSSR count). The van der Waals surface area contributed by atoms with Crippen LogP contribution in [-0.4, -0.2) is 110 Å². The molecule has 5 N–H and O–H groups in total. The fourth-order valence-corrected chi connectivity index (χ4v) is 12.4. The van der Waals surface area contributed by atoms with Crippen LogP contribution in [0.15, 0.2) is 112 Å². The molecule has 0 spiro atoms.